The first-order valence-electron chi connectivity index (χ1n) is 8.05. The lowest BCUT2D eigenvalue weighted by Gasteiger charge is -2.15. The molecule has 0 unspecified atom stereocenters. The largest absolute Gasteiger partial charge is 0.494 e. The van der Waals surface area contributed by atoms with Crippen molar-refractivity contribution in [1.29, 1.82) is 0 Å². The highest BCUT2D eigenvalue weighted by molar-refractivity contribution is 5.85. The molecule has 0 spiro atoms. The molecular weight excluding hydrogens is 353 g/mol. The van der Waals surface area contributed by atoms with Crippen molar-refractivity contribution in [3.8, 4) is 22.6 Å². The SMILES string of the molecule is COc1cccc(-c2ccc(CN)cc2OCc2ccccc2)c1F.Cl. The van der Waals surface area contributed by atoms with Gasteiger partial charge in [-0.2, -0.15) is 0 Å². The first-order valence-corrected chi connectivity index (χ1v) is 8.05. The van der Waals surface area contributed by atoms with Gasteiger partial charge in [-0.15, -0.1) is 12.4 Å². The van der Waals surface area contributed by atoms with Crippen LogP contribution in [0.5, 0.6) is 11.5 Å². The Bertz CT molecular complexity index is 856. The van der Waals surface area contributed by atoms with Crippen LogP contribution in [0.2, 0.25) is 0 Å². The predicted molar refractivity (Wildman–Crippen MR) is 104 cm³/mol. The number of benzene rings is 3. The van der Waals surface area contributed by atoms with Gasteiger partial charge in [-0.3, -0.25) is 0 Å². The van der Waals surface area contributed by atoms with Crippen molar-refractivity contribution in [2.75, 3.05) is 7.11 Å². The van der Waals surface area contributed by atoms with Gasteiger partial charge in [0.2, 0.25) is 0 Å². The van der Waals surface area contributed by atoms with Crippen LogP contribution in [0, 0.1) is 5.82 Å². The van der Waals surface area contributed by atoms with Gasteiger partial charge < -0.3 is 15.2 Å². The molecule has 0 heterocycles. The summed E-state index contributed by atoms with van der Waals surface area (Å²) in [6.07, 6.45) is 0. The molecule has 0 aliphatic heterocycles. The molecule has 0 aliphatic carbocycles. The first kappa shape index (κ1) is 19.8. The fourth-order valence-electron chi connectivity index (χ4n) is 2.65. The smallest absolute Gasteiger partial charge is 0.172 e. The Morgan fingerprint density at radius 2 is 1.62 bits per heavy atom. The Hall–Kier alpha value is -2.56. The van der Waals surface area contributed by atoms with Gasteiger partial charge in [-0.1, -0.05) is 54.6 Å². The lowest BCUT2D eigenvalue weighted by molar-refractivity contribution is 0.307. The van der Waals surface area contributed by atoms with Crippen molar-refractivity contribution in [2.45, 2.75) is 13.2 Å². The van der Waals surface area contributed by atoms with E-state index in [4.69, 9.17) is 15.2 Å². The van der Waals surface area contributed by atoms with E-state index in [1.807, 2.05) is 48.5 Å². The summed E-state index contributed by atoms with van der Waals surface area (Å²) < 4.78 is 25.7. The van der Waals surface area contributed by atoms with Gasteiger partial charge in [0.1, 0.15) is 12.4 Å². The topological polar surface area (TPSA) is 44.5 Å². The van der Waals surface area contributed by atoms with Crippen LogP contribution in [0.3, 0.4) is 0 Å². The molecule has 136 valence electrons. The lowest BCUT2D eigenvalue weighted by Crippen LogP contribution is -2.01. The molecule has 0 saturated carbocycles. The maximum Gasteiger partial charge on any atom is 0.172 e. The maximum absolute atomic E-state index is 14.7. The van der Waals surface area contributed by atoms with E-state index in [1.54, 1.807) is 18.2 Å². The molecule has 3 rings (SSSR count). The van der Waals surface area contributed by atoms with Gasteiger partial charge in [0.25, 0.3) is 0 Å². The molecule has 0 bridgehead atoms. The van der Waals surface area contributed by atoms with E-state index in [-0.39, 0.29) is 18.2 Å². The van der Waals surface area contributed by atoms with Crippen LogP contribution in [-0.2, 0) is 13.2 Å². The van der Waals surface area contributed by atoms with Crippen molar-refractivity contribution >= 4 is 12.4 Å². The number of ether oxygens (including phenoxy) is 2. The summed E-state index contributed by atoms with van der Waals surface area (Å²) in [5.41, 5.74) is 8.81. The van der Waals surface area contributed by atoms with Crippen molar-refractivity contribution in [1.82, 2.24) is 0 Å². The zero-order chi connectivity index (χ0) is 17.6. The quantitative estimate of drug-likeness (QED) is 0.664. The second kappa shape index (κ2) is 9.22. The number of methoxy groups -OCH3 is 1. The minimum absolute atomic E-state index is 0. The highest BCUT2D eigenvalue weighted by Crippen LogP contribution is 2.36. The molecule has 0 saturated heterocycles. The summed E-state index contributed by atoms with van der Waals surface area (Å²) in [7, 11) is 1.45. The molecule has 26 heavy (non-hydrogen) atoms. The summed E-state index contributed by atoms with van der Waals surface area (Å²) >= 11 is 0. The third-order valence-corrected chi connectivity index (χ3v) is 3.99. The number of hydrogen-bond donors (Lipinski definition) is 1. The monoisotopic (exact) mass is 373 g/mol. The van der Waals surface area contributed by atoms with Crippen molar-refractivity contribution in [3.05, 3.63) is 83.7 Å². The fourth-order valence-corrected chi connectivity index (χ4v) is 2.65. The molecular formula is C21H21ClFNO2. The van der Waals surface area contributed by atoms with Gasteiger partial charge in [-0.25, -0.2) is 4.39 Å². The summed E-state index contributed by atoms with van der Waals surface area (Å²) in [4.78, 5) is 0. The molecule has 5 heteroatoms. The van der Waals surface area contributed by atoms with Gasteiger partial charge in [0, 0.05) is 17.7 Å². The Labute approximate surface area is 159 Å². The molecule has 0 fully saturated rings. The maximum atomic E-state index is 14.7. The third-order valence-electron chi connectivity index (χ3n) is 3.99. The fraction of sp³-hybridized carbons (Fsp3) is 0.143. The Balaban J connectivity index is 0.00000243. The van der Waals surface area contributed by atoms with Crippen molar-refractivity contribution in [3.63, 3.8) is 0 Å². The molecule has 3 aromatic carbocycles. The summed E-state index contributed by atoms with van der Waals surface area (Å²) in [6, 6.07) is 20.5. The summed E-state index contributed by atoms with van der Waals surface area (Å²) in [5.74, 6) is 0.392. The molecule has 3 aromatic rings. The van der Waals surface area contributed by atoms with Crippen LogP contribution in [0.1, 0.15) is 11.1 Å². The molecule has 3 nitrogen and oxygen atoms in total. The van der Waals surface area contributed by atoms with Crippen LogP contribution in [-0.4, -0.2) is 7.11 Å². The Morgan fingerprint density at radius 3 is 2.31 bits per heavy atom. The minimum atomic E-state index is -0.407. The van der Waals surface area contributed by atoms with Gasteiger partial charge in [-0.05, 0) is 23.3 Å². The van der Waals surface area contributed by atoms with E-state index in [1.165, 1.54) is 7.11 Å². The van der Waals surface area contributed by atoms with E-state index in [9.17, 15) is 4.39 Å². The van der Waals surface area contributed by atoms with Crippen LogP contribution in [0.25, 0.3) is 11.1 Å². The van der Waals surface area contributed by atoms with Crippen molar-refractivity contribution in [2.24, 2.45) is 5.73 Å². The molecule has 0 radical (unpaired) electrons. The molecule has 0 aliphatic rings. The molecule has 0 atom stereocenters. The van der Waals surface area contributed by atoms with E-state index < -0.39 is 5.82 Å². The number of halogens is 2. The molecule has 0 amide bonds. The van der Waals surface area contributed by atoms with Gasteiger partial charge >= 0.3 is 0 Å². The second-order valence-electron chi connectivity index (χ2n) is 5.63. The standard InChI is InChI=1S/C21H20FNO2.ClH/c1-24-19-9-5-8-18(21(19)22)17-11-10-16(13-23)12-20(17)25-14-15-6-3-2-4-7-15;/h2-12H,13-14,23H2,1H3;1H. The highest BCUT2D eigenvalue weighted by Gasteiger charge is 2.15. The van der Waals surface area contributed by atoms with E-state index in [2.05, 4.69) is 0 Å². The van der Waals surface area contributed by atoms with Crippen LogP contribution >= 0.6 is 12.4 Å². The minimum Gasteiger partial charge on any atom is -0.494 e. The Kier molecular flexibility index (Phi) is 7.01. The summed E-state index contributed by atoms with van der Waals surface area (Å²) in [6.45, 7) is 0.788. The average molecular weight is 374 g/mol. The molecule has 0 aromatic heterocycles. The highest BCUT2D eigenvalue weighted by atomic mass is 35.5. The van der Waals surface area contributed by atoms with Gasteiger partial charge in [0.05, 0.1) is 7.11 Å². The normalized spacial score (nSPS) is 10.1. The van der Waals surface area contributed by atoms with Crippen molar-refractivity contribution < 1.29 is 13.9 Å². The zero-order valence-electron chi connectivity index (χ0n) is 14.4. The number of nitrogens with two attached hydrogens (primary N) is 1. The van der Waals surface area contributed by atoms with E-state index >= 15 is 0 Å². The van der Waals surface area contributed by atoms with E-state index in [0.29, 0.717) is 30.0 Å². The lowest BCUT2D eigenvalue weighted by atomic mass is 10.0. The summed E-state index contributed by atoms with van der Waals surface area (Å²) in [5, 5.41) is 0. The van der Waals surface area contributed by atoms with E-state index in [0.717, 1.165) is 11.1 Å². The van der Waals surface area contributed by atoms with Gasteiger partial charge in [0.15, 0.2) is 11.6 Å². The second-order valence-corrected chi connectivity index (χ2v) is 5.63. The van der Waals surface area contributed by atoms with Crippen LogP contribution in [0.15, 0.2) is 66.7 Å². The molecule has 2 N–H and O–H groups in total. The number of rotatable bonds is 6. The third kappa shape index (κ3) is 4.34. The van der Waals surface area contributed by atoms with Crippen LogP contribution in [0.4, 0.5) is 4.39 Å². The average Bonchev–Trinajstić information content (AvgIpc) is 2.67. The first-order chi connectivity index (χ1) is 12.2. The van der Waals surface area contributed by atoms with Crippen LogP contribution < -0.4 is 15.2 Å². The predicted octanol–water partition coefficient (Wildman–Crippen LogP) is 4.96. The Morgan fingerprint density at radius 1 is 0.846 bits per heavy atom. The number of hydrogen-bond acceptors (Lipinski definition) is 3. The zero-order valence-corrected chi connectivity index (χ0v) is 15.3.